The number of hydrogen-bond donors (Lipinski definition) is 1. The highest BCUT2D eigenvalue weighted by Gasteiger charge is 2.27. The molecule has 1 aromatic carbocycles. The van der Waals surface area contributed by atoms with E-state index in [-0.39, 0.29) is 6.23 Å². The van der Waals surface area contributed by atoms with E-state index in [1.54, 1.807) is 7.11 Å². The van der Waals surface area contributed by atoms with Crippen molar-refractivity contribution < 1.29 is 19.4 Å². The maximum Gasteiger partial charge on any atom is 0.409 e. The minimum atomic E-state index is -0.898. The molecule has 1 fully saturated rings. The molecule has 1 atom stereocenters. The maximum absolute atomic E-state index is 11.4. The van der Waals surface area contributed by atoms with Crippen LogP contribution < -0.4 is 0 Å². The molecule has 1 aromatic heterocycles. The second-order valence-electron chi connectivity index (χ2n) is 6.43. The van der Waals surface area contributed by atoms with E-state index in [1.807, 2.05) is 12.1 Å². The van der Waals surface area contributed by atoms with E-state index in [1.165, 1.54) is 15.8 Å². The van der Waals surface area contributed by atoms with Crippen LogP contribution in [0.1, 0.15) is 31.4 Å². The van der Waals surface area contributed by atoms with Crippen LogP contribution in [0.4, 0.5) is 4.79 Å². The summed E-state index contributed by atoms with van der Waals surface area (Å²) in [6.45, 7) is 2.53. The lowest BCUT2D eigenvalue weighted by Gasteiger charge is -2.33. The molecule has 0 aliphatic carbocycles. The predicted molar refractivity (Wildman–Crippen MR) is 95.6 cm³/mol. The molecule has 1 saturated heterocycles. The molecule has 2 heterocycles. The van der Waals surface area contributed by atoms with Gasteiger partial charge in [0.2, 0.25) is 0 Å². The third-order valence-electron chi connectivity index (χ3n) is 4.74. The summed E-state index contributed by atoms with van der Waals surface area (Å²) in [7, 11) is 1.71. The normalized spacial score (nSPS) is 18.0. The Kier molecular flexibility index (Phi) is 5.94. The van der Waals surface area contributed by atoms with Gasteiger partial charge in [0.05, 0.1) is 6.61 Å². The molecule has 0 spiro atoms. The number of aromatic nitrogens is 1. The lowest BCUT2D eigenvalue weighted by Crippen LogP contribution is -2.44. The molecule has 6 nitrogen and oxygen atoms in total. The molecular formula is C19H26N2O4. The van der Waals surface area contributed by atoms with Gasteiger partial charge in [0.15, 0.2) is 0 Å². The van der Waals surface area contributed by atoms with Crippen molar-refractivity contribution in [2.24, 2.45) is 0 Å². The Hall–Kier alpha value is -2.05. The lowest BCUT2D eigenvalue weighted by molar-refractivity contribution is -0.0760. The van der Waals surface area contributed by atoms with Crippen molar-refractivity contribution >= 4 is 17.0 Å². The summed E-state index contributed by atoms with van der Waals surface area (Å²) in [6, 6.07) is 10.4. The van der Waals surface area contributed by atoms with Crippen LogP contribution in [0.3, 0.4) is 0 Å². The quantitative estimate of drug-likeness (QED) is 0.777. The predicted octanol–water partition coefficient (Wildman–Crippen LogP) is 3.68. The molecule has 3 rings (SSSR count). The van der Waals surface area contributed by atoms with Crippen LogP contribution >= 0.6 is 0 Å². The van der Waals surface area contributed by atoms with Gasteiger partial charge in [-0.25, -0.2) is 4.79 Å². The minimum Gasteiger partial charge on any atom is -0.465 e. The number of aryl methyl sites for hydroxylation is 1. The van der Waals surface area contributed by atoms with Crippen molar-refractivity contribution in [3.63, 3.8) is 0 Å². The number of likely N-dealkylation sites (tertiary alicyclic amines) is 1. The number of para-hydroxylation sites is 1. The highest BCUT2D eigenvalue weighted by Crippen LogP contribution is 2.24. The van der Waals surface area contributed by atoms with Crippen molar-refractivity contribution in [1.82, 2.24) is 9.47 Å². The number of carboxylic acid groups (broad SMARTS) is 1. The third kappa shape index (κ3) is 4.14. The molecule has 0 saturated carbocycles. The van der Waals surface area contributed by atoms with Crippen LogP contribution in [0.2, 0.25) is 0 Å². The zero-order chi connectivity index (χ0) is 17.6. The molecular weight excluding hydrogens is 320 g/mol. The average molecular weight is 346 g/mol. The second-order valence-corrected chi connectivity index (χ2v) is 6.43. The Morgan fingerprint density at radius 1 is 1.32 bits per heavy atom. The molecule has 1 N–H and O–H groups in total. The van der Waals surface area contributed by atoms with Gasteiger partial charge in [0.25, 0.3) is 0 Å². The first-order chi connectivity index (χ1) is 12.2. The zero-order valence-corrected chi connectivity index (χ0v) is 14.7. The number of piperidine rings is 1. The molecule has 2 aromatic rings. The monoisotopic (exact) mass is 346 g/mol. The van der Waals surface area contributed by atoms with Gasteiger partial charge in [-0.15, -0.1) is 0 Å². The number of benzene rings is 1. The van der Waals surface area contributed by atoms with Gasteiger partial charge in [0, 0.05) is 38.0 Å². The Morgan fingerprint density at radius 3 is 2.96 bits per heavy atom. The summed E-state index contributed by atoms with van der Waals surface area (Å²) in [5.74, 6) is 0. The summed E-state index contributed by atoms with van der Waals surface area (Å²) in [4.78, 5) is 12.8. The van der Waals surface area contributed by atoms with Crippen LogP contribution in [-0.4, -0.2) is 47.2 Å². The van der Waals surface area contributed by atoms with Gasteiger partial charge in [-0.2, -0.15) is 0 Å². The maximum atomic E-state index is 11.4. The van der Waals surface area contributed by atoms with Crippen molar-refractivity contribution in [1.29, 1.82) is 0 Å². The molecule has 1 amide bonds. The molecule has 6 heteroatoms. The Balaban J connectivity index is 1.75. The van der Waals surface area contributed by atoms with Crippen molar-refractivity contribution in [2.45, 2.75) is 45.1 Å². The number of methoxy groups -OCH3 is 1. The van der Waals surface area contributed by atoms with Crippen molar-refractivity contribution in [2.75, 3.05) is 20.3 Å². The topological polar surface area (TPSA) is 63.9 Å². The first-order valence-electron chi connectivity index (χ1n) is 8.88. The molecule has 1 aliphatic heterocycles. The van der Waals surface area contributed by atoms with Crippen LogP contribution in [0, 0.1) is 0 Å². The minimum absolute atomic E-state index is 0.350. The fourth-order valence-corrected chi connectivity index (χ4v) is 3.49. The van der Waals surface area contributed by atoms with E-state index >= 15 is 0 Å². The van der Waals surface area contributed by atoms with E-state index in [0.29, 0.717) is 19.8 Å². The zero-order valence-electron chi connectivity index (χ0n) is 14.7. The Bertz CT molecular complexity index is 713. The van der Waals surface area contributed by atoms with Gasteiger partial charge in [-0.05, 0) is 43.2 Å². The molecule has 136 valence electrons. The van der Waals surface area contributed by atoms with E-state index in [4.69, 9.17) is 9.47 Å². The highest BCUT2D eigenvalue weighted by atomic mass is 16.5. The fraction of sp³-hybridized carbons (Fsp3) is 0.526. The van der Waals surface area contributed by atoms with Gasteiger partial charge in [0.1, 0.15) is 6.23 Å². The van der Waals surface area contributed by atoms with Gasteiger partial charge in [-0.1, -0.05) is 18.2 Å². The number of amides is 1. The standard InChI is InChI=1S/C19H26N2O4/c1-24-12-6-11-20-16(13-15-7-2-3-8-17(15)20)14-25-18-9-4-5-10-21(18)19(22)23/h2-3,7-8,13,18H,4-6,9-12,14H2,1H3,(H,22,23). The summed E-state index contributed by atoms with van der Waals surface area (Å²) in [6.07, 6.45) is 2.35. The summed E-state index contributed by atoms with van der Waals surface area (Å²) < 4.78 is 13.4. The smallest absolute Gasteiger partial charge is 0.409 e. The van der Waals surface area contributed by atoms with Crippen LogP contribution in [0.15, 0.2) is 30.3 Å². The highest BCUT2D eigenvalue weighted by molar-refractivity contribution is 5.81. The first-order valence-corrected chi connectivity index (χ1v) is 8.88. The molecule has 1 aliphatic rings. The molecule has 1 unspecified atom stereocenters. The largest absolute Gasteiger partial charge is 0.465 e. The summed E-state index contributed by atoms with van der Waals surface area (Å²) >= 11 is 0. The molecule has 0 radical (unpaired) electrons. The Labute approximate surface area is 147 Å². The van der Waals surface area contributed by atoms with Crippen LogP contribution in [0.5, 0.6) is 0 Å². The Morgan fingerprint density at radius 2 is 2.16 bits per heavy atom. The SMILES string of the molecule is COCCCn1c(COC2CCCCN2C(=O)O)cc2ccccc21. The lowest BCUT2D eigenvalue weighted by atomic mass is 10.1. The van der Waals surface area contributed by atoms with Gasteiger partial charge in [-0.3, -0.25) is 4.90 Å². The summed E-state index contributed by atoms with van der Waals surface area (Å²) in [5.41, 5.74) is 2.25. The number of carbonyl (C=O) groups is 1. The van der Waals surface area contributed by atoms with E-state index in [2.05, 4.69) is 22.8 Å². The number of hydrogen-bond acceptors (Lipinski definition) is 3. The first kappa shape index (κ1) is 17.8. The van der Waals surface area contributed by atoms with Crippen LogP contribution in [0.25, 0.3) is 10.9 Å². The fourth-order valence-electron chi connectivity index (χ4n) is 3.49. The number of nitrogens with zero attached hydrogens (tertiary/aromatic N) is 2. The summed E-state index contributed by atoms with van der Waals surface area (Å²) in [5, 5.41) is 10.5. The van der Waals surface area contributed by atoms with E-state index in [9.17, 15) is 9.90 Å². The molecule has 0 bridgehead atoms. The number of rotatable bonds is 7. The average Bonchev–Trinajstić information content (AvgIpc) is 2.98. The number of fused-ring (bicyclic) bond motifs is 1. The molecule has 25 heavy (non-hydrogen) atoms. The second kappa shape index (κ2) is 8.36. The van der Waals surface area contributed by atoms with E-state index in [0.717, 1.165) is 37.9 Å². The van der Waals surface area contributed by atoms with Gasteiger partial charge < -0.3 is 19.1 Å². The van der Waals surface area contributed by atoms with Crippen molar-refractivity contribution in [3.05, 3.63) is 36.0 Å². The number of ether oxygens (including phenoxy) is 2. The van der Waals surface area contributed by atoms with Crippen molar-refractivity contribution in [3.8, 4) is 0 Å². The van der Waals surface area contributed by atoms with Crippen LogP contribution in [-0.2, 0) is 22.6 Å². The third-order valence-corrected chi connectivity index (χ3v) is 4.74. The van der Waals surface area contributed by atoms with Gasteiger partial charge >= 0.3 is 6.09 Å². The van der Waals surface area contributed by atoms with E-state index < -0.39 is 6.09 Å².